The number of hydrogen-bond donors (Lipinski definition) is 0. The molecule has 1 saturated heterocycles. The molecule has 3 heteroatoms. The van der Waals surface area contributed by atoms with Crippen LogP contribution < -0.4 is 4.90 Å². The van der Waals surface area contributed by atoms with Gasteiger partial charge in [0.1, 0.15) is 0 Å². The van der Waals surface area contributed by atoms with Crippen molar-refractivity contribution in [3.8, 4) is 0 Å². The molecule has 1 aromatic carbocycles. The minimum absolute atomic E-state index is 1.06. The van der Waals surface area contributed by atoms with Crippen molar-refractivity contribution in [2.75, 3.05) is 51.7 Å². The van der Waals surface area contributed by atoms with Gasteiger partial charge in [0.2, 0.25) is 0 Å². The number of unbranched alkanes of at least 4 members (excludes halogenated alkanes) is 1. The average Bonchev–Trinajstić information content (AvgIpc) is 2.65. The fourth-order valence-electron chi connectivity index (χ4n) is 2.70. The van der Waals surface area contributed by atoms with Crippen LogP contribution in [0.1, 0.15) is 53.0 Å². The molecular weight excluding hydrogens is 294 g/mol. The van der Waals surface area contributed by atoms with Gasteiger partial charge in [-0.15, -0.1) is 0 Å². The molecule has 0 aliphatic carbocycles. The minimum Gasteiger partial charge on any atom is -0.369 e. The Morgan fingerprint density at radius 2 is 1.46 bits per heavy atom. The summed E-state index contributed by atoms with van der Waals surface area (Å²) in [6.07, 6.45) is 2.56. The van der Waals surface area contributed by atoms with E-state index in [0.717, 1.165) is 19.6 Å². The van der Waals surface area contributed by atoms with E-state index in [-0.39, 0.29) is 0 Å². The highest BCUT2D eigenvalue weighted by atomic mass is 15.2. The van der Waals surface area contributed by atoms with Crippen molar-refractivity contribution in [2.24, 2.45) is 0 Å². The van der Waals surface area contributed by atoms with Gasteiger partial charge in [0, 0.05) is 38.4 Å². The van der Waals surface area contributed by atoms with Gasteiger partial charge in [0.05, 0.1) is 0 Å². The Bertz CT molecular complexity index is 381. The zero-order valence-electron chi connectivity index (χ0n) is 17.3. The molecule has 0 radical (unpaired) electrons. The molecule has 24 heavy (non-hydrogen) atoms. The van der Waals surface area contributed by atoms with Gasteiger partial charge in [-0.3, -0.25) is 0 Å². The quantitative estimate of drug-likeness (QED) is 0.744. The molecule has 0 atom stereocenters. The Morgan fingerprint density at radius 1 is 0.917 bits per heavy atom. The topological polar surface area (TPSA) is 9.72 Å². The summed E-state index contributed by atoms with van der Waals surface area (Å²) in [6, 6.07) is 9.15. The van der Waals surface area contributed by atoms with Crippen LogP contribution in [0.4, 0.5) is 5.69 Å². The molecule has 0 unspecified atom stereocenters. The second kappa shape index (κ2) is 14.3. The van der Waals surface area contributed by atoms with Crippen LogP contribution >= 0.6 is 0 Å². The number of benzene rings is 1. The largest absolute Gasteiger partial charge is 0.369 e. The summed E-state index contributed by atoms with van der Waals surface area (Å²) >= 11 is 0. The van der Waals surface area contributed by atoms with Gasteiger partial charge in [-0.05, 0) is 44.8 Å². The van der Waals surface area contributed by atoms with E-state index in [1.807, 2.05) is 27.7 Å². The molecule has 0 amide bonds. The Balaban J connectivity index is 0.00000123. The van der Waals surface area contributed by atoms with E-state index in [2.05, 4.69) is 60.0 Å². The van der Waals surface area contributed by atoms with Crippen molar-refractivity contribution in [3.05, 3.63) is 29.8 Å². The van der Waals surface area contributed by atoms with Crippen molar-refractivity contribution < 1.29 is 0 Å². The first-order valence-corrected chi connectivity index (χ1v) is 9.90. The van der Waals surface area contributed by atoms with Gasteiger partial charge in [-0.25, -0.2) is 0 Å². The predicted molar refractivity (Wildman–Crippen MR) is 110 cm³/mol. The van der Waals surface area contributed by atoms with Gasteiger partial charge in [0.15, 0.2) is 0 Å². The first kappa shape index (κ1) is 22.9. The third kappa shape index (κ3) is 8.70. The highest BCUT2D eigenvalue weighted by molar-refractivity contribution is 5.48. The second-order valence-corrected chi connectivity index (χ2v) is 6.05. The van der Waals surface area contributed by atoms with Crippen molar-refractivity contribution in [3.63, 3.8) is 0 Å². The molecule has 0 spiro atoms. The summed E-state index contributed by atoms with van der Waals surface area (Å²) in [5, 5.41) is 0. The number of piperazine rings is 1. The lowest BCUT2D eigenvalue weighted by Gasteiger charge is -2.34. The average molecular weight is 336 g/mol. The van der Waals surface area contributed by atoms with Crippen LogP contribution in [0.3, 0.4) is 0 Å². The van der Waals surface area contributed by atoms with E-state index in [1.54, 1.807) is 0 Å². The molecule has 1 aliphatic rings. The Hall–Kier alpha value is -1.06. The van der Waals surface area contributed by atoms with E-state index in [4.69, 9.17) is 0 Å². The summed E-state index contributed by atoms with van der Waals surface area (Å²) in [4.78, 5) is 7.30. The number of hydrogen-bond acceptors (Lipinski definition) is 3. The van der Waals surface area contributed by atoms with Crippen molar-refractivity contribution in [1.29, 1.82) is 0 Å². The predicted octanol–water partition coefficient (Wildman–Crippen LogP) is 4.72. The molecule has 2 rings (SSSR count). The summed E-state index contributed by atoms with van der Waals surface area (Å²) < 4.78 is 0. The maximum absolute atomic E-state index is 2.49. The lowest BCUT2D eigenvalue weighted by atomic mass is 10.1. The van der Waals surface area contributed by atoms with E-state index in [1.165, 1.54) is 43.7 Å². The molecule has 1 aromatic rings. The first-order valence-electron chi connectivity index (χ1n) is 9.90. The fourth-order valence-corrected chi connectivity index (χ4v) is 2.70. The Kier molecular flexibility index (Phi) is 13.7. The number of likely N-dealkylation sites (N-methyl/N-ethyl adjacent to an activating group) is 1. The zero-order chi connectivity index (χ0) is 18.4. The SMILES string of the molecule is CC.CC.CCCCN(C)Cc1ccc(N2CCN(C)CC2)cc1. The number of rotatable bonds is 6. The summed E-state index contributed by atoms with van der Waals surface area (Å²) in [5.41, 5.74) is 2.79. The lowest BCUT2D eigenvalue weighted by molar-refractivity contribution is 0.312. The monoisotopic (exact) mass is 335 g/mol. The van der Waals surface area contributed by atoms with Crippen LogP contribution in [-0.4, -0.2) is 56.6 Å². The van der Waals surface area contributed by atoms with E-state index in [9.17, 15) is 0 Å². The van der Waals surface area contributed by atoms with Gasteiger partial charge >= 0.3 is 0 Å². The van der Waals surface area contributed by atoms with Crippen molar-refractivity contribution in [1.82, 2.24) is 9.80 Å². The van der Waals surface area contributed by atoms with Gasteiger partial charge in [-0.1, -0.05) is 53.2 Å². The fraction of sp³-hybridized carbons (Fsp3) is 0.714. The van der Waals surface area contributed by atoms with E-state index in [0.29, 0.717) is 0 Å². The van der Waals surface area contributed by atoms with Gasteiger partial charge in [-0.2, -0.15) is 0 Å². The second-order valence-electron chi connectivity index (χ2n) is 6.05. The van der Waals surface area contributed by atoms with Crippen LogP contribution in [0.5, 0.6) is 0 Å². The molecular formula is C21H41N3. The van der Waals surface area contributed by atoms with E-state index >= 15 is 0 Å². The third-order valence-electron chi connectivity index (χ3n) is 4.15. The number of anilines is 1. The summed E-state index contributed by atoms with van der Waals surface area (Å²) in [6.45, 7) is 17.1. The summed E-state index contributed by atoms with van der Waals surface area (Å²) in [5.74, 6) is 0. The molecule has 0 saturated carbocycles. The van der Waals surface area contributed by atoms with Crippen LogP contribution in [0.15, 0.2) is 24.3 Å². The standard InChI is InChI=1S/C17H29N3.2C2H6/c1-4-5-10-19(3)15-16-6-8-17(9-7-16)20-13-11-18(2)12-14-20;2*1-2/h6-9H,4-5,10-15H2,1-3H3;2*1-2H3. The Morgan fingerprint density at radius 3 is 1.96 bits per heavy atom. The number of nitrogens with zero attached hydrogens (tertiary/aromatic N) is 3. The first-order chi connectivity index (χ1) is 11.7. The molecule has 3 nitrogen and oxygen atoms in total. The molecule has 0 aromatic heterocycles. The van der Waals surface area contributed by atoms with Crippen molar-refractivity contribution in [2.45, 2.75) is 54.0 Å². The lowest BCUT2D eigenvalue weighted by Crippen LogP contribution is -2.44. The maximum atomic E-state index is 2.49. The summed E-state index contributed by atoms with van der Waals surface area (Å²) in [7, 11) is 4.41. The Labute approximate surface area is 151 Å². The van der Waals surface area contributed by atoms with Crippen LogP contribution in [0.25, 0.3) is 0 Å². The minimum atomic E-state index is 1.06. The molecule has 0 bridgehead atoms. The van der Waals surface area contributed by atoms with Crippen molar-refractivity contribution >= 4 is 5.69 Å². The zero-order valence-corrected chi connectivity index (χ0v) is 17.3. The smallest absolute Gasteiger partial charge is 0.0367 e. The molecule has 1 fully saturated rings. The van der Waals surface area contributed by atoms with Gasteiger partial charge < -0.3 is 14.7 Å². The normalized spacial score (nSPS) is 14.6. The molecule has 140 valence electrons. The highest BCUT2D eigenvalue weighted by Gasteiger charge is 2.13. The molecule has 0 N–H and O–H groups in total. The van der Waals surface area contributed by atoms with Crippen LogP contribution in [0.2, 0.25) is 0 Å². The third-order valence-corrected chi connectivity index (χ3v) is 4.15. The maximum Gasteiger partial charge on any atom is 0.0367 e. The van der Waals surface area contributed by atoms with Crippen LogP contribution in [-0.2, 0) is 6.54 Å². The highest BCUT2D eigenvalue weighted by Crippen LogP contribution is 2.17. The van der Waals surface area contributed by atoms with Gasteiger partial charge in [0.25, 0.3) is 0 Å². The van der Waals surface area contributed by atoms with E-state index < -0.39 is 0 Å². The van der Waals surface area contributed by atoms with Crippen LogP contribution in [0, 0.1) is 0 Å². The molecule has 1 heterocycles. The molecule has 1 aliphatic heterocycles.